The number of carbonyl (C=O) groups excluding carboxylic acids is 1. The van der Waals surface area contributed by atoms with Gasteiger partial charge in [0.05, 0.1) is 10.9 Å². The van der Waals surface area contributed by atoms with E-state index < -0.39 is 5.97 Å². The summed E-state index contributed by atoms with van der Waals surface area (Å²) < 4.78 is 6.03. The normalized spacial score (nSPS) is 10.9. The quantitative estimate of drug-likeness (QED) is 0.441. The molecule has 0 bridgehead atoms. The Balaban J connectivity index is 2.07. The molecule has 1 heterocycles. The Morgan fingerprint density at radius 1 is 1.03 bits per heavy atom. The van der Waals surface area contributed by atoms with Crippen molar-refractivity contribution in [3.8, 4) is 22.5 Å². The zero-order valence-corrected chi connectivity index (χ0v) is 15.7. The van der Waals surface area contributed by atoms with Gasteiger partial charge in [0.2, 0.25) is 5.91 Å². The highest BCUT2D eigenvalue weighted by atomic mass is 16.4. The first kappa shape index (κ1) is 18.4. The molecule has 2 aliphatic rings. The minimum Gasteiger partial charge on any atom is -0.478 e. The maximum absolute atomic E-state index is 11.8. The summed E-state index contributed by atoms with van der Waals surface area (Å²) in [6, 6.07) is 17.1. The zero-order chi connectivity index (χ0) is 20.5. The fraction of sp³-hybridized carbons (Fsp3) is 0.0870. The van der Waals surface area contributed by atoms with Crippen molar-refractivity contribution in [3.05, 3.63) is 71.6 Å². The summed E-state index contributed by atoms with van der Waals surface area (Å²) in [5.41, 5.74) is 3.26. The first-order valence-corrected chi connectivity index (χ1v) is 9.15. The van der Waals surface area contributed by atoms with E-state index in [2.05, 4.69) is 5.32 Å². The van der Waals surface area contributed by atoms with Crippen LogP contribution in [0.1, 0.15) is 23.7 Å². The molecule has 0 spiro atoms. The molecule has 1 amide bonds. The zero-order valence-electron chi connectivity index (χ0n) is 15.7. The third-order valence-corrected chi connectivity index (χ3v) is 4.75. The molecule has 3 N–H and O–H groups in total. The van der Waals surface area contributed by atoms with E-state index in [0.29, 0.717) is 40.1 Å². The molecule has 0 fully saturated rings. The van der Waals surface area contributed by atoms with Gasteiger partial charge in [0, 0.05) is 40.8 Å². The van der Waals surface area contributed by atoms with Crippen LogP contribution in [0.25, 0.3) is 33.4 Å². The largest absolute Gasteiger partial charge is 0.478 e. The molecule has 144 valence electrons. The molecule has 2 aromatic carbocycles. The van der Waals surface area contributed by atoms with Crippen molar-refractivity contribution in [1.29, 1.82) is 5.41 Å². The first-order valence-electron chi connectivity index (χ1n) is 9.15. The van der Waals surface area contributed by atoms with E-state index in [-0.39, 0.29) is 16.8 Å². The Labute approximate surface area is 166 Å². The second-order valence-corrected chi connectivity index (χ2v) is 6.65. The third-order valence-electron chi connectivity index (χ3n) is 4.75. The number of rotatable bonds is 4. The average Bonchev–Trinajstić information content (AvgIpc) is 2.71. The summed E-state index contributed by atoms with van der Waals surface area (Å²) in [7, 11) is 0. The van der Waals surface area contributed by atoms with E-state index in [0.717, 1.165) is 5.39 Å². The number of nitrogens with one attached hydrogen (secondary N) is 2. The molecule has 1 aliphatic carbocycles. The van der Waals surface area contributed by atoms with Crippen molar-refractivity contribution in [3.63, 3.8) is 0 Å². The van der Waals surface area contributed by atoms with Gasteiger partial charge >= 0.3 is 5.97 Å². The molecule has 2 aromatic rings. The molecule has 6 nitrogen and oxygen atoms in total. The smallest absolute Gasteiger partial charge is 0.336 e. The van der Waals surface area contributed by atoms with Crippen LogP contribution in [0.5, 0.6) is 0 Å². The molecule has 29 heavy (non-hydrogen) atoms. The first-order chi connectivity index (χ1) is 14.0. The lowest BCUT2D eigenvalue weighted by Crippen LogP contribution is -2.09. The Bertz CT molecular complexity index is 1290. The van der Waals surface area contributed by atoms with Gasteiger partial charge in [-0.25, -0.2) is 4.79 Å². The predicted molar refractivity (Wildman–Crippen MR) is 110 cm³/mol. The second-order valence-electron chi connectivity index (χ2n) is 6.65. The monoisotopic (exact) mass is 386 g/mol. The van der Waals surface area contributed by atoms with Crippen LogP contribution in [0, 0.1) is 5.41 Å². The summed E-state index contributed by atoms with van der Waals surface area (Å²) >= 11 is 0. The second kappa shape index (κ2) is 7.24. The number of aromatic carboxylic acids is 1. The summed E-state index contributed by atoms with van der Waals surface area (Å²) in [6.45, 7) is 1.77. The van der Waals surface area contributed by atoms with Crippen molar-refractivity contribution in [2.75, 3.05) is 5.32 Å². The van der Waals surface area contributed by atoms with Crippen molar-refractivity contribution in [2.45, 2.75) is 13.3 Å². The van der Waals surface area contributed by atoms with Crippen LogP contribution < -0.4 is 10.7 Å². The van der Waals surface area contributed by atoms with Crippen LogP contribution in [-0.4, -0.2) is 17.0 Å². The molecule has 4 rings (SSSR count). The Kier molecular flexibility index (Phi) is 4.60. The van der Waals surface area contributed by atoms with E-state index in [1.807, 2.05) is 6.07 Å². The van der Waals surface area contributed by atoms with Gasteiger partial charge in [-0.2, -0.15) is 0 Å². The van der Waals surface area contributed by atoms with Crippen molar-refractivity contribution in [1.82, 2.24) is 0 Å². The SMILES string of the molecule is CCC(=O)Nc1ccc2c(-c3ccccc3C(=O)O)c3ccc(=N)cc-3oc2c1. The number of carbonyl (C=O) groups is 2. The maximum Gasteiger partial charge on any atom is 0.336 e. The molecular weight excluding hydrogens is 368 g/mol. The molecule has 0 saturated carbocycles. The summed E-state index contributed by atoms with van der Waals surface area (Å²) in [6.07, 6.45) is 0.354. The topological polar surface area (TPSA) is 103 Å². The van der Waals surface area contributed by atoms with E-state index >= 15 is 0 Å². The number of fused-ring (bicyclic) bond motifs is 2. The summed E-state index contributed by atoms with van der Waals surface area (Å²) in [5.74, 6) is -0.666. The van der Waals surface area contributed by atoms with Gasteiger partial charge in [-0.3, -0.25) is 4.79 Å². The fourth-order valence-electron chi connectivity index (χ4n) is 3.40. The van der Waals surface area contributed by atoms with Crippen LogP contribution >= 0.6 is 0 Å². The van der Waals surface area contributed by atoms with E-state index in [1.54, 1.807) is 61.5 Å². The standard InChI is InChI=1S/C23H18N2O4/c1-2-21(26)25-14-8-10-18-20(12-14)29-19-11-13(24)7-9-17(19)22(18)15-5-3-4-6-16(15)23(27)28/h3-12,24H,2H2,1H3,(H,25,26)(H,27,28). The van der Waals surface area contributed by atoms with Gasteiger partial charge in [0.15, 0.2) is 0 Å². The number of anilines is 1. The maximum atomic E-state index is 11.8. The fourth-order valence-corrected chi connectivity index (χ4v) is 3.40. The van der Waals surface area contributed by atoms with Gasteiger partial charge in [0.25, 0.3) is 0 Å². The molecule has 1 aliphatic heterocycles. The van der Waals surface area contributed by atoms with Gasteiger partial charge in [0.1, 0.15) is 11.3 Å². The molecule has 0 saturated heterocycles. The van der Waals surface area contributed by atoms with E-state index in [9.17, 15) is 14.7 Å². The van der Waals surface area contributed by atoms with Crippen LogP contribution in [0.4, 0.5) is 5.69 Å². The number of benzene rings is 3. The minimum absolute atomic E-state index is 0.116. The Morgan fingerprint density at radius 3 is 2.59 bits per heavy atom. The van der Waals surface area contributed by atoms with Crippen molar-refractivity contribution >= 4 is 28.5 Å². The van der Waals surface area contributed by atoms with Crippen molar-refractivity contribution in [2.24, 2.45) is 0 Å². The number of amides is 1. The lowest BCUT2D eigenvalue weighted by atomic mass is 9.91. The summed E-state index contributed by atoms with van der Waals surface area (Å²) in [4.78, 5) is 23.6. The van der Waals surface area contributed by atoms with Gasteiger partial charge < -0.3 is 20.2 Å². The number of carboxylic acid groups (broad SMARTS) is 1. The number of carboxylic acids is 1. The molecule has 0 atom stereocenters. The number of hydrogen-bond donors (Lipinski definition) is 3. The molecule has 6 heteroatoms. The predicted octanol–water partition coefficient (Wildman–Crippen LogP) is 4.73. The number of hydrogen-bond acceptors (Lipinski definition) is 4. The lowest BCUT2D eigenvalue weighted by Gasteiger charge is -2.17. The van der Waals surface area contributed by atoms with Crippen LogP contribution in [0.15, 0.2) is 65.1 Å². The van der Waals surface area contributed by atoms with E-state index in [1.165, 1.54) is 0 Å². The van der Waals surface area contributed by atoms with Gasteiger partial charge in [-0.05, 0) is 35.9 Å². The molecule has 0 aromatic heterocycles. The minimum atomic E-state index is -1.02. The van der Waals surface area contributed by atoms with Crippen molar-refractivity contribution < 1.29 is 19.1 Å². The third kappa shape index (κ3) is 3.36. The average molecular weight is 386 g/mol. The highest BCUT2D eigenvalue weighted by Gasteiger charge is 2.21. The Morgan fingerprint density at radius 2 is 1.83 bits per heavy atom. The lowest BCUT2D eigenvalue weighted by molar-refractivity contribution is -0.115. The van der Waals surface area contributed by atoms with Gasteiger partial charge in [-0.1, -0.05) is 25.1 Å². The summed E-state index contributed by atoms with van der Waals surface area (Å²) in [5, 5.41) is 21.4. The Hall–Kier alpha value is -3.93. The highest BCUT2D eigenvalue weighted by Crippen LogP contribution is 2.41. The molecule has 0 unspecified atom stereocenters. The highest BCUT2D eigenvalue weighted by molar-refractivity contribution is 6.08. The van der Waals surface area contributed by atoms with Crippen LogP contribution in [0.2, 0.25) is 0 Å². The van der Waals surface area contributed by atoms with E-state index in [4.69, 9.17) is 9.83 Å². The van der Waals surface area contributed by atoms with Gasteiger partial charge in [-0.15, -0.1) is 0 Å². The molecular formula is C23H18N2O4. The van der Waals surface area contributed by atoms with Crippen LogP contribution in [0.3, 0.4) is 0 Å². The van der Waals surface area contributed by atoms with Crippen LogP contribution in [-0.2, 0) is 4.79 Å². The molecule has 0 radical (unpaired) electrons.